The number of aromatic carboxylic acids is 1. The summed E-state index contributed by atoms with van der Waals surface area (Å²) in [5.41, 5.74) is 4.61. The first-order valence-electron chi connectivity index (χ1n) is 11.5. The van der Waals surface area contributed by atoms with Crippen molar-refractivity contribution in [1.29, 1.82) is 0 Å². The van der Waals surface area contributed by atoms with E-state index in [0.29, 0.717) is 23.4 Å². The number of hydrogen-bond acceptors (Lipinski definition) is 5. The lowest BCUT2D eigenvalue weighted by atomic mass is 9.98. The molecule has 4 aromatic rings. The number of fused-ring (bicyclic) bond motifs is 2. The average molecular weight is 491 g/mol. The van der Waals surface area contributed by atoms with Crippen LogP contribution < -0.4 is 10.6 Å². The van der Waals surface area contributed by atoms with Gasteiger partial charge in [-0.3, -0.25) is 9.20 Å². The molecule has 36 heavy (non-hydrogen) atoms. The Morgan fingerprint density at radius 2 is 1.97 bits per heavy atom. The number of halogens is 2. The molecular formula is C26H23F2N5O3. The maximum atomic E-state index is 13.5. The van der Waals surface area contributed by atoms with Crippen LogP contribution in [0.2, 0.25) is 0 Å². The molecule has 2 heterocycles. The second-order valence-corrected chi connectivity index (χ2v) is 8.74. The predicted octanol–water partition coefficient (Wildman–Crippen LogP) is 3.72. The van der Waals surface area contributed by atoms with E-state index in [1.165, 1.54) is 6.07 Å². The van der Waals surface area contributed by atoms with E-state index in [1.807, 2.05) is 13.0 Å². The van der Waals surface area contributed by atoms with Crippen molar-refractivity contribution in [3.63, 3.8) is 0 Å². The molecule has 5 rings (SSSR count). The Hall–Kier alpha value is -4.18. The van der Waals surface area contributed by atoms with Crippen LogP contribution in [0, 0.1) is 18.6 Å². The zero-order chi connectivity index (χ0) is 25.4. The van der Waals surface area contributed by atoms with Gasteiger partial charge in [0.1, 0.15) is 5.69 Å². The van der Waals surface area contributed by atoms with Crippen LogP contribution in [0.15, 0.2) is 48.8 Å². The molecule has 0 fully saturated rings. The first-order valence-corrected chi connectivity index (χ1v) is 11.5. The van der Waals surface area contributed by atoms with Crippen LogP contribution in [0.1, 0.15) is 61.3 Å². The van der Waals surface area contributed by atoms with Gasteiger partial charge in [0.25, 0.3) is 5.91 Å². The van der Waals surface area contributed by atoms with E-state index in [0.717, 1.165) is 47.4 Å². The Balaban J connectivity index is 1.33. The fraction of sp³-hybridized carbons (Fsp3) is 0.231. The van der Waals surface area contributed by atoms with Crippen LogP contribution in [-0.4, -0.2) is 31.4 Å². The molecule has 0 radical (unpaired) electrons. The molecule has 0 saturated heterocycles. The number of amides is 1. The summed E-state index contributed by atoms with van der Waals surface area (Å²) >= 11 is 0. The zero-order valence-electron chi connectivity index (χ0n) is 19.4. The van der Waals surface area contributed by atoms with E-state index in [-0.39, 0.29) is 18.3 Å². The highest BCUT2D eigenvalue weighted by Crippen LogP contribution is 2.34. The molecule has 0 aliphatic heterocycles. The van der Waals surface area contributed by atoms with E-state index in [9.17, 15) is 23.5 Å². The summed E-state index contributed by atoms with van der Waals surface area (Å²) in [5, 5.41) is 15.6. The number of rotatable bonds is 7. The Labute approximate surface area is 205 Å². The Morgan fingerprint density at radius 3 is 2.75 bits per heavy atom. The van der Waals surface area contributed by atoms with Gasteiger partial charge in [-0.05, 0) is 66.3 Å². The lowest BCUT2D eigenvalue weighted by molar-refractivity contribution is 0.0695. The largest absolute Gasteiger partial charge is 0.478 e. The van der Waals surface area contributed by atoms with E-state index in [2.05, 4.69) is 20.6 Å². The molecule has 1 aliphatic rings. The number of hydrogen-bond donors (Lipinski definition) is 3. The van der Waals surface area contributed by atoms with Crippen molar-refractivity contribution in [3.8, 4) is 0 Å². The minimum absolute atomic E-state index is 0.0153. The summed E-state index contributed by atoms with van der Waals surface area (Å²) in [7, 11) is 0. The summed E-state index contributed by atoms with van der Waals surface area (Å²) in [5.74, 6) is -2.96. The predicted molar refractivity (Wildman–Crippen MR) is 127 cm³/mol. The van der Waals surface area contributed by atoms with Gasteiger partial charge in [0.15, 0.2) is 11.6 Å². The average Bonchev–Trinajstić information content (AvgIpc) is 3.50. The number of carboxylic acids is 1. The van der Waals surface area contributed by atoms with Gasteiger partial charge in [-0.15, -0.1) is 0 Å². The topological polar surface area (TPSA) is 109 Å². The Bertz CT molecular complexity index is 1500. The first-order chi connectivity index (χ1) is 17.3. The summed E-state index contributed by atoms with van der Waals surface area (Å²) in [4.78, 5) is 32.8. The minimum atomic E-state index is -0.977. The van der Waals surface area contributed by atoms with Crippen molar-refractivity contribution in [2.24, 2.45) is 0 Å². The van der Waals surface area contributed by atoms with Crippen LogP contribution in [0.3, 0.4) is 0 Å². The molecule has 0 spiro atoms. The first kappa shape index (κ1) is 23.6. The molecule has 0 saturated carbocycles. The van der Waals surface area contributed by atoms with Crippen LogP contribution in [-0.2, 0) is 19.5 Å². The quantitative estimate of drug-likeness (QED) is 0.364. The molecule has 184 valence electrons. The van der Waals surface area contributed by atoms with Gasteiger partial charge in [-0.2, -0.15) is 0 Å². The number of carbonyl (C=O) groups excluding carboxylic acids is 1. The van der Waals surface area contributed by atoms with E-state index < -0.39 is 23.5 Å². The van der Waals surface area contributed by atoms with Crippen molar-refractivity contribution in [2.45, 2.75) is 38.9 Å². The number of imidazole rings is 1. The van der Waals surface area contributed by atoms with Crippen molar-refractivity contribution in [1.82, 2.24) is 25.0 Å². The van der Waals surface area contributed by atoms with Gasteiger partial charge in [-0.25, -0.2) is 23.5 Å². The summed E-state index contributed by atoms with van der Waals surface area (Å²) in [6, 6.07) is 8.67. The van der Waals surface area contributed by atoms with Gasteiger partial charge >= 0.3 is 5.97 Å². The van der Waals surface area contributed by atoms with Crippen molar-refractivity contribution < 1.29 is 23.5 Å². The van der Waals surface area contributed by atoms with Crippen molar-refractivity contribution >= 4 is 17.7 Å². The molecule has 3 N–H and O–H groups in total. The van der Waals surface area contributed by atoms with Crippen molar-refractivity contribution in [3.05, 3.63) is 99.6 Å². The molecule has 1 atom stereocenters. The molecule has 2 aromatic heterocycles. The number of carboxylic acid groups (broad SMARTS) is 1. The molecule has 1 aliphatic carbocycles. The smallest absolute Gasteiger partial charge is 0.335 e. The van der Waals surface area contributed by atoms with Crippen molar-refractivity contribution in [2.75, 3.05) is 0 Å². The highest BCUT2D eigenvalue weighted by atomic mass is 19.2. The third-order valence-corrected chi connectivity index (χ3v) is 6.58. The summed E-state index contributed by atoms with van der Waals surface area (Å²) in [6.45, 7) is 2.28. The van der Waals surface area contributed by atoms with Crippen LogP contribution >= 0.6 is 0 Å². The SMILES string of the molecule is Cc1c(C(=O)O)ccc2c1CC[C@@H]2NCc1cc(C(=O)NCc2ccc(F)c(F)c2)nc2nccn12. The monoisotopic (exact) mass is 491 g/mol. The number of benzene rings is 2. The van der Waals surface area contributed by atoms with Gasteiger partial charge < -0.3 is 15.7 Å². The highest BCUT2D eigenvalue weighted by molar-refractivity contribution is 5.92. The van der Waals surface area contributed by atoms with Gasteiger partial charge in [0, 0.05) is 37.2 Å². The second kappa shape index (κ2) is 9.46. The minimum Gasteiger partial charge on any atom is -0.478 e. The number of aromatic nitrogens is 3. The highest BCUT2D eigenvalue weighted by Gasteiger charge is 2.26. The maximum absolute atomic E-state index is 13.5. The fourth-order valence-corrected chi connectivity index (χ4v) is 4.70. The van der Waals surface area contributed by atoms with Crippen LogP contribution in [0.4, 0.5) is 8.78 Å². The fourth-order valence-electron chi connectivity index (χ4n) is 4.70. The standard InChI is InChI=1S/C26H23F2N5O3/c1-14-17-5-7-22(19(17)4-3-18(14)25(35)36)30-13-16-11-23(32-26-29-8-9-33(16)26)24(34)31-12-15-2-6-20(27)21(28)10-15/h2-4,6,8-11,22,30H,5,7,12-13H2,1H3,(H,31,34)(H,35,36)/t22-/m0/s1. The molecule has 1 amide bonds. The summed E-state index contributed by atoms with van der Waals surface area (Å²) < 4.78 is 28.4. The van der Waals surface area contributed by atoms with Gasteiger partial charge in [0.05, 0.1) is 5.56 Å². The summed E-state index contributed by atoms with van der Waals surface area (Å²) in [6.07, 6.45) is 4.97. The number of carbonyl (C=O) groups is 2. The van der Waals surface area contributed by atoms with E-state index in [1.54, 1.807) is 28.9 Å². The third-order valence-electron chi connectivity index (χ3n) is 6.58. The molecule has 2 aromatic carbocycles. The molecule has 10 heteroatoms. The van der Waals surface area contributed by atoms with Crippen LogP contribution in [0.25, 0.3) is 5.78 Å². The Morgan fingerprint density at radius 1 is 1.14 bits per heavy atom. The van der Waals surface area contributed by atoms with E-state index >= 15 is 0 Å². The second-order valence-electron chi connectivity index (χ2n) is 8.74. The molecule has 0 bridgehead atoms. The molecule has 0 unspecified atom stereocenters. The third kappa shape index (κ3) is 4.42. The number of nitrogens with one attached hydrogen (secondary N) is 2. The van der Waals surface area contributed by atoms with Crippen LogP contribution in [0.5, 0.6) is 0 Å². The normalized spacial score (nSPS) is 14.7. The maximum Gasteiger partial charge on any atom is 0.335 e. The zero-order valence-corrected chi connectivity index (χ0v) is 19.4. The Kier molecular flexibility index (Phi) is 6.19. The van der Waals surface area contributed by atoms with E-state index in [4.69, 9.17) is 0 Å². The van der Waals surface area contributed by atoms with Gasteiger partial charge in [-0.1, -0.05) is 12.1 Å². The lowest BCUT2D eigenvalue weighted by Gasteiger charge is -2.16. The number of nitrogens with zero attached hydrogens (tertiary/aromatic N) is 3. The molecule has 8 nitrogen and oxygen atoms in total. The van der Waals surface area contributed by atoms with Gasteiger partial charge in [0.2, 0.25) is 5.78 Å². The molecular weight excluding hydrogens is 468 g/mol. The lowest BCUT2D eigenvalue weighted by Crippen LogP contribution is -2.26.